The molecule has 108 valence electrons. The molecule has 1 aliphatic rings. The lowest BCUT2D eigenvalue weighted by Gasteiger charge is -2.24. The van der Waals surface area contributed by atoms with Crippen LogP contribution >= 0.6 is 11.8 Å². The predicted molar refractivity (Wildman–Crippen MR) is 85.4 cm³/mol. The van der Waals surface area contributed by atoms with E-state index in [1.807, 2.05) is 0 Å². The Morgan fingerprint density at radius 1 is 1.11 bits per heavy atom. The molecule has 1 nitrogen and oxygen atoms in total. The third kappa shape index (κ3) is 7.04. The summed E-state index contributed by atoms with van der Waals surface area (Å²) in [5.74, 6) is 3.02. The van der Waals surface area contributed by atoms with Crippen LogP contribution in [0.4, 0.5) is 0 Å². The largest absolute Gasteiger partial charge is 0.313 e. The van der Waals surface area contributed by atoms with E-state index in [4.69, 9.17) is 0 Å². The molecule has 0 aliphatic heterocycles. The van der Waals surface area contributed by atoms with Crippen LogP contribution in [-0.4, -0.2) is 23.6 Å². The van der Waals surface area contributed by atoms with E-state index in [9.17, 15) is 0 Å². The van der Waals surface area contributed by atoms with Gasteiger partial charge in [0, 0.05) is 17.0 Å². The molecule has 2 unspecified atom stereocenters. The van der Waals surface area contributed by atoms with Crippen molar-refractivity contribution in [1.29, 1.82) is 0 Å². The van der Waals surface area contributed by atoms with Crippen LogP contribution in [0.2, 0.25) is 0 Å². The van der Waals surface area contributed by atoms with E-state index >= 15 is 0 Å². The minimum absolute atomic E-state index is 0.731. The van der Waals surface area contributed by atoms with Crippen LogP contribution in [0.15, 0.2) is 0 Å². The van der Waals surface area contributed by atoms with Gasteiger partial charge in [-0.1, -0.05) is 40.5 Å². The first-order valence-electron chi connectivity index (χ1n) is 7.96. The summed E-state index contributed by atoms with van der Waals surface area (Å²) in [4.78, 5) is 0. The average Bonchev–Trinajstić information content (AvgIpc) is 2.77. The zero-order valence-electron chi connectivity index (χ0n) is 12.9. The van der Waals surface area contributed by atoms with Crippen molar-refractivity contribution in [3.05, 3.63) is 0 Å². The van der Waals surface area contributed by atoms with Crippen LogP contribution < -0.4 is 5.32 Å². The number of hydrogen-bond donors (Lipinski definition) is 1. The van der Waals surface area contributed by atoms with Gasteiger partial charge in [-0.2, -0.15) is 11.8 Å². The van der Waals surface area contributed by atoms with Gasteiger partial charge < -0.3 is 5.32 Å². The fraction of sp³-hybridized carbons (Fsp3) is 1.00. The van der Waals surface area contributed by atoms with Crippen LogP contribution in [0.5, 0.6) is 0 Å². The van der Waals surface area contributed by atoms with Gasteiger partial charge in [0.1, 0.15) is 0 Å². The lowest BCUT2D eigenvalue weighted by atomic mass is 9.93. The third-order valence-electron chi connectivity index (χ3n) is 3.89. The molecule has 0 spiro atoms. The topological polar surface area (TPSA) is 12.0 Å². The monoisotopic (exact) mass is 271 g/mol. The Hall–Kier alpha value is 0.310. The van der Waals surface area contributed by atoms with Gasteiger partial charge in [0.05, 0.1) is 0 Å². The molecule has 0 amide bonds. The molecule has 0 heterocycles. The summed E-state index contributed by atoms with van der Waals surface area (Å²) in [6.07, 6.45) is 8.58. The quantitative estimate of drug-likeness (QED) is 0.651. The Labute approximate surface area is 119 Å². The number of hydrogen-bond acceptors (Lipinski definition) is 2. The lowest BCUT2D eigenvalue weighted by molar-refractivity contribution is 0.369. The number of rotatable bonds is 9. The highest BCUT2D eigenvalue weighted by Crippen LogP contribution is 2.30. The normalized spacial score (nSPS) is 20.5. The molecule has 1 saturated carbocycles. The van der Waals surface area contributed by atoms with E-state index in [1.54, 1.807) is 0 Å². The molecule has 0 saturated heterocycles. The van der Waals surface area contributed by atoms with Crippen molar-refractivity contribution in [3.8, 4) is 0 Å². The molecule has 0 bridgehead atoms. The highest BCUT2D eigenvalue weighted by molar-refractivity contribution is 7.99. The second kappa shape index (κ2) is 9.25. The molecule has 1 N–H and O–H groups in total. The van der Waals surface area contributed by atoms with E-state index in [0.29, 0.717) is 0 Å². The first-order chi connectivity index (χ1) is 8.61. The summed E-state index contributed by atoms with van der Waals surface area (Å²) >= 11 is 2.23. The smallest absolute Gasteiger partial charge is 0.0160 e. The van der Waals surface area contributed by atoms with Crippen LogP contribution in [-0.2, 0) is 0 Å². The maximum Gasteiger partial charge on any atom is 0.0160 e. The van der Waals surface area contributed by atoms with Crippen molar-refractivity contribution >= 4 is 11.8 Å². The van der Waals surface area contributed by atoms with Crippen molar-refractivity contribution in [2.75, 3.05) is 12.3 Å². The van der Waals surface area contributed by atoms with E-state index in [0.717, 1.165) is 29.7 Å². The maximum atomic E-state index is 3.69. The molecule has 1 aliphatic carbocycles. The SMILES string of the molecule is CCNC(CSC1CCCC1)CC(C)CC(C)C. The minimum Gasteiger partial charge on any atom is -0.313 e. The van der Waals surface area contributed by atoms with Gasteiger partial charge in [0.15, 0.2) is 0 Å². The molecular formula is C16H33NS. The van der Waals surface area contributed by atoms with E-state index in [2.05, 4.69) is 44.8 Å². The Kier molecular flexibility index (Phi) is 8.41. The number of thioether (sulfide) groups is 1. The Balaban J connectivity index is 2.24. The Morgan fingerprint density at radius 3 is 2.33 bits per heavy atom. The molecule has 0 aromatic carbocycles. The van der Waals surface area contributed by atoms with Crippen LogP contribution in [0.3, 0.4) is 0 Å². The Bertz CT molecular complexity index is 199. The van der Waals surface area contributed by atoms with Crippen LogP contribution in [0.1, 0.15) is 66.2 Å². The van der Waals surface area contributed by atoms with E-state index in [1.165, 1.54) is 44.3 Å². The zero-order valence-corrected chi connectivity index (χ0v) is 13.7. The van der Waals surface area contributed by atoms with Crippen molar-refractivity contribution in [1.82, 2.24) is 5.32 Å². The molecule has 0 aromatic heterocycles. The zero-order chi connectivity index (χ0) is 13.4. The van der Waals surface area contributed by atoms with E-state index < -0.39 is 0 Å². The fourth-order valence-electron chi connectivity index (χ4n) is 3.19. The van der Waals surface area contributed by atoms with E-state index in [-0.39, 0.29) is 0 Å². The van der Waals surface area contributed by atoms with Crippen LogP contribution in [0, 0.1) is 11.8 Å². The predicted octanol–water partition coefficient (Wildman–Crippen LogP) is 4.71. The lowest BCUT2D eigenvalue weighted by Crippen LogP contribution is -2.33. The van der Waals surface area contributed by atoms with Gasteiger partial charge in [-0.3, -0.25) is 0 Å². The van der Waals surface area contributed by atoms with Crippen molar-refractivity contribution in [3.63, 3.8) is 0 Å². The van der Waals surface area contributed by atoms with Gasteiger partial charge in [-0.05, 0) is 44.1 Å². The summed E-state index contributed by atoms with van der Waals surface area (Å²) in [6.45, 7) is 10.5. The van der Waals surface area contributed by atoms with Gasteiger partial charge >= 0.3 is 0 Å². The summed E-state index contributed by atoms with van der Waals surface area (Å²) in [7, 11) is 0. The maximum absolute atomic E-state index is 3.69. The first-order valence-corrected chi connectivity index (χ1v) is 9.01. The van der Waals surface area contributed by atoms with Crippen molar-refractivity contribution in [2.45, 2.75) is 77.5 Å². The highest BCUT2D eigenvalue weighted by Gasteiger charge is 2.19. The average molecular weight is 272 g/mol. The number of nitrogens with one attached hydrogen (secondary N) is 1. The Morgan fingerprint density at radius 2 is 1.78 bits per heavy atom. The molecule has 2 heteroatoms. The fourth-order valence-corrected chi connectivity index (χ4v) is 4.62. The standard InChI is InChI=1S/C16H33NS/c1-5-17-15(11-14(4)10-13(2)3)12-18-16-8-6-7-9-16/h13-17H,5-12H2,1-4H3. The van der Waals surface area contributed by atoms with Crippen molar-refractivity contribution < 1.29 is 0 Å². The van der Waals surface area contributed by atoms with Crippen LogP contribution in [0.25, 0.3) is 0 Å². The molecule has 1 fully saturated rings. The molecule has 2 atom stereocenters. The summed E-state index contributed by atoms with van der Waals surface area (Å²) in [6, 6.07) is 0.731. The van der Waals surface area contributed by atoms with Crippen molar-refractivity contribution in [2.24, 2.45) is 11.8 Å². The van der Waals surface area contributed by atoms with Gasteiger partial charge in [-0.15, -0.1) is 0 Å². The minimum atomic E-state index is 0.731. The highest BCUT2D eigenvalue weighted by atomic mass is 32.2. The molecular weight excluding hydrogens is 238 g/mol. The summed E-state index contributed by atoms with van der Waals surface area (Å²) < 4.78 is 0. The third-order valence-corrected chi connectivity index (χ3v) is 5.43. The van der Waals surface area contributed by atoms with Gasteiger partial charge in [-0.25, -0.2) is 0 Å². The van der Waals surface area contributed by atoms with Gasteiger partial charge in [0.2, 0.25) is 0 Å². The molecule has 1 rings (SSSR count). The first kappa shape index (κ1) is 16.4. The second-order valence-electron chi connectivity index (χ2n) is 6.46. The molecule has 0 radical (unpaired) electrons. The molecule has 0 aromatic rings. The summed E-state index contributed by atoms with van der Waals surface area (Å²) in [5, 5.41) is 4.65. The summed E-state index contributed by atoms with van der Waals surface area (Å²) in [5.41, 5.74) is 0. The second-order valence-corrected chi connectivity index (χ2v) is 7.80. The van der Waals surface area contributed by atoms with Gasteiger partial charge in [0.25, 0.3) is 0 Å². The molecule has 18 heavy (non-hydrogen) atoms.